The van der Waals surface area contributed by atoms with E-state index in [4.69, 9.17) is 16.3 Å². The van der Waals surface area contributed by atoms with Gasteiger partial charge in [-0.3, -0.25) is 13.7 Å². The van der Waals surface area contributed by atoms with E-state index in [1.807, 2.05) is 13.1 Å². The minimum absolute atomic E-state index is 0.0312. The number of nitrogens with zero attached hydrogens (tertiary/aromatic N) is 6. The number of hydrogen-bond acceptors (Lipinski definition) is 11. The van der Waals surface area contributed by atoms with Gasteiger partial charge in [-0.1, -0.05) is 17.7 Å². The van der Waals surface area contributed by atoms with Gasteiger partial charge < -0.3 is 15.0 Å². The first-order valence-electron chi connectivity index (χ1n) is 14.7. The van der Waals surface area contributed by atoms with E-state index in [-0.39, 0.29) is 55.8 Å². The molecule has 47 heavy (non-hydrogen) atoms. The molecule has 0 spiro atoms. The van der Waals surface area contributed by atoms with Crippen LogP contribution in [0.25, 0.3) is 16.8 Å². The van der Waals surface area contributed by atoms with Gasteiger partial charge in [0.25, 0.3) is 15.9 Å². The number of ether oxygens (including phenoxy) is 1. The Bertz CT molecular complexity index is 2060. The Balaban J connectivity index is 1.27. The van der Waals surface area contributed by atoms with Crippen molar-refractivity contribution in [2.45, 2.75) is 42.7 Å². The number of likely N-dealkylation sites (N-methyl/N-ethyl adjacent to an activating group) is 1. The van der Waals surface area contributed by atoms with Crippen LogP contribution in [0, 0.1) is 5.92 Å². The summed E-state index contributed by atoms with van der Waals surface area (Å²) < 4.78 is 62.3. The first kappa shape index (κ1) is 33.1. The average molecular weight is 721 g/mol. The van der Waals surface area contributed by atoms with Crippen molar-refractivity contribution in [2.75, 3.05) is 37.1 Å². The van der Waals surface area contributed by atoms with E-state index < -0.39 is 26.0 Å². The van der Waals surface area contributed by atoms with E-state index in [0.29, 0.717) is 5.65 Å². The van der Waals surface area contributed by atoms with Crippen molar-refractivity contribution in [1.29, 1.82) is 0 Å². The van der Waals surface area contributed by atoms with Crippen molar-refractivity contribution in [2.24, 2.45) is 5.92 Å². The molecule has 18 heteroatoms. The van der Waals surface area contributed by atoms with Crippen LogP contribution in [-0.2, 0) is 36.3 Å². The van der Waals surface area contributed by atoms with Crippen LogP contribution in [0.1, 0.15) is 31.2 Å². The number of fused-ring (bicyclic) bond motifs is 2. The zero-order valence-corrected chi connectivity index (χ0v) is 29.0. The summed E-state index contributed by atoms with van der Waals surface area (Å²) in [6.07, 6.45) is 8.01. The number of carbonyl (C=O) groups is 1. The third-order valence-electron chi connectivity index (χ3n) is 8.51. The fourth-order valence-corrected chi connectivity index (χ4v) is 10.3. The quantitative estimate of drug-likeness (QED) is 0.246. The lowest BCUT2D eigenvalue weighted by Gasteiger charge is -2.35. The van der Waals surface area contributed by atoms with Crippen molar-refractivity contribution in [3.63, 3.8) is 0 Å². The molecule has 1 amide bonds. The molecule has 5 heterocycles. The Morgan fingerprint density at radius 3 is 2.64 bits per heavy atom. The standard InChI is InChI=1S/C29H33ClN8O6S3/c1-31-46(40,41)15-18-7-9-19(10-8-18)36(2)26-20-11-13-38(27(20)34-16-33-26)17-44-25-21-14-22(30)45-29(21)47(42,43)37(3)24(25)28(39)35-23-6-4-5-12-32-23/h4-6,11-14,16,18-19,31H,7-10,15,17H2,1-3H3,(H,32,35,39). The molecule has 1 saturated carbocycles. The van der Waals surface area contributed by atoms with Gasteiger partial charge in [0.05, 0.1) is 21.0 Å². The third kappa shape index (κ3) is 6.54. The van der Waals surface area contributed by atoms with Gasteiger partial charge in [-0.15, -0.1) is 11.3 Å². The van der Waals surface area contributed by atoms with Crippen LogP contribution in [0.5, 0.6) is 0 Å². The summed E-state index contributed by atoms with van der Waals surface area (Å²) in [4.78, 5) is 28.8. The van der Waals surface area contributed by atoms with E-state index in [1.165, 1.54) is 32.7 Å². The molecule has 4 aromatic heterocycles. The first-order chi connectivity index (χ1) is 22.4. The molecule has 0 aromatic carbocycles. The lowest BCUT2D eigenvalue weighted by atomic mass is 9.86. The molecule has 2 N–H and O–H groups in total. The number of carbonyl (C=O) groups excluding carboxylic acids is 1. The zero-order valence-electron chi connectivity index (χ0n) is 25.8. The van der Waals surface area contributed by atoms with Crippen molar-refractivity contribution in [1.82, 2.24) is 28.5 Å². The van der Waals surface area contributed by atoms with Crippen molar-refractivity contribution in [3.8, 4) is 0 Å². The summed E-state index contributed by atoms with van der Waals surface area (Å²) in [5.74, 6) is 0.525. The van der Waals surface area contributed by atoms with E-state index in [9.17, 15) is 21.6 Å². The Kier molecular flexibility index (Phi) is 9.19. The second kappa shape index (κ2) is 13.0. The van der Waals surface area contributed by atoms with Crippen LogP contribution < -0.4 is 14.9 Å². The van der Waals surface area contributed by atoms with Gasteiger partial charge in [-0.2, -0.15) is 0 Å². The summed E-state index contributed by atoms with van der Waals surface area (Å²) >= 11 is 7.15. The Hall–Kier alpha value is -3.77. The van der Waals surface area contributed by atoms with Crippen molar-refractivity contribution < 1.29 is 26.4 Å². The second-order valence-corrected chi connectivity index (χ2v) is 17.2. The predicted octanol–water partition coefficient (Wildman–Crippen LogP) is 3.70. The fourth-order valence-electron chi connectivity index (χ4n) is 5.99. The lowest BCUT2D eigenvalue weighted by Crippen LogP contribution is -2.38. The highest BCUT2D eigenvalue weighted by molar-refractivity contribution is 7.91. The summed E-state index contributed by atoms with van der Waals surface area (Å²) in [6, 6.07) is 8.50. The van der Waals surface area contributed by atoms with Crippen LogP contribution in [0.2, 0.25) is 4.34 Å². The average Bonchev–Trinajstić information content (AvgIpc) is 3.66. The van der Waals surface area contributed by atoms with E-state index in [2.05, 4.69) is 29.9 Å². The SMILES string of the molecule is CNS(=O)(=O)CC1CCC(N(C)c2ncnc3c2ccn3COC2=C(C(=O)Nc3ccccn3)N(C)S(=O)(=O)c3sc(Cl)cc32)CC1. The van der Waals surface area contributed by atoms with Gasteiger partial charge in [0.2, 0.25) is 10.0 Å². The molecule has 14 nitrogen and oxygen atoms in total. The highest BCUT2D eigenvalue weighted by atomic mass is 35.5. The normalized spacial score (nSPS) is 19.4. The highest BCUT2D eigenvalue weighted by Crippen LogP contribution is 2.43. The van der Waals surface area contributed by atoms with Crippen LogP contribution in [-0.4, -0.2) is 79.5 Å². The van der Waals surface area contributed by atoms with Gasteiger partial charge in [0.1, 0.15) is 23.6 Å². The minimum atomic E-state index is -4.08. The second-order valence-electron chi connectivity index (χ2n) is 11.3. The number of amides is 1. The molecule has 6 rings (SSSR count). The molecule has 4 aromatic rings. The van der Waals surface area contributed by atoms with Gasteiger partial charge in [0, 0.05) is 32.5 Å². The Morgan fingerprint density at radius 2 is 1.94 bits per heavy atom. The number of aromatic nitrogens is 4. The number of sulfonamides is 2. The molecule has 1 aliphatic heterocycles. The largest absolute Gasteiger partial charge is 0.470 e. The molecule has 0 unspecified atom stereocenters. The number of halogens is 1. The number of thiophene rings is 1. The number of rotatable bonds is 10. The topological polar surface area (TPSA) is 169 Å². The highest BCUT2D eigenvalue weighted by Gasteiger charge is 2.41. The van der Waals surface area contributed by atoms with Crippen LogP contribution in [0.3, 0.4) is 0 Å². The third-order valence-corrected chi connectivity index (χ3v) is 13.6. The Morgan fingerprint density at radius 1 is 1.17 bits per heavy atom. The summed E-state index contributed by atoms with van der Waals surface area (Å²) in [5.41, 5.74) is 0.548. The van der Waals surface area contributed by atoms with Gasteiger partial charge in [-0.05, 0) is 62.9 Å². The lowest BCUT2D eigenvalue weighted by molar-refractivity contribution is -0.113. The van der Waals surface area contributed by atoms with Crippen LogP contribution >= 0.6 is 22.9 Å². The number of hydrogen-bond donors (Lipinski definition) is 2. The van der Waals surface area contributed by atoms with E-state index in [1.54, 1.807) is 29.0 Å². The van der Waals surface area contributed by atoms with E-state index >= 15 is 0 Å². The molecule has 0 saturated heterocycles. The van der Waals surface area contributed by atoms with Crippen LogP contribution in [0.4, 0.5) is 11.6 Å². The maximum absolute atomic E-state index is 13.5. The number of pyridine rings is 1. The predicted molar refractivity (Wildman–Crippen MR) is 180 cm³/mol. The molecule has 250 valence electrons. The number of anilines is 2. The molecular weight excluding hydrogens is 688 g/mol. The van der Waals surface area contributed by atoms with Crippen molar-refractivity contribution >= 4 is 77.3 Å². The molecule has 0 bridgehead atoms. The Labute approximate surface area is 281 Å². The van der Waals surface area contributed by atoms with Gasteiger partial charge in [-0.25, -0.2) is 36.5 Å². The smallest absolute Gasteiger partial charge is 0.278 e. The molecule has 2 aliphatic rings. The monoisotopic (exact) mass is 720 g/mol. The minimum Gasteiger partial charge on any atom is -0.470 e. The fraction of sp³-hybridized carbons (Fsp3) is 0.379. The molecule has 1 aliphatic carbocycles. The molecule has 0 radical (unpaired) electrons. The summed E-state index contributed by atoms with van der Waals surface area (Å²) in [5, 5.41) is 3.43. The van der Waals surface area contributed by atoms with E-state index in [0.717, 1.165) is 52.5 Å². The summed E-state index contributed by atoms with van der Waals surface area (Å²) in [6.45, 7) is -0.106. The first-order valence-corrected chi connectivity index (χ1v) is 19.0. The van der Waals surface area contributed by atoms with Crippen LogP contribution in [0.15, 0.2) is 59.0 Å². The van der Waals surface area contributed by atoms with Gasteiger partial charge in [0.15, 0.2) is 22.4 Å². The van der Waals surface area contributed by atoms with Crippen molar-refractivity contribution in [3.05, 3.63) is 64.6 Å². The molecule has 1 fully saturated rings. The molecule has 0 atom stereocenters. The molecular formula is C29H33ClN8O6S3. The maximum Gasteiger partial charge on any atom is 0.278 e. The summed E-state index contributed by atoms with van der Waals surface area (Å²) in [7, 11) is -2.64. The zero-order chi connectivity index (χ0) is 33.5. The maximum atomic E-state index is 13.5. The number of nitrogens with one attached hydrogen (secondary N) is 2. The van der Waals surface area contributed by atoms with Gasteiger partial charge >= 0.3 is 0 Å².